The van der Waals surface area contributed by atoms with Gasteiger partial charge < -0.3 is 16.0 Å². The smallest absolute Gasteiger partial charge is 0.319 e. The molecule has 0 radical (unpaired) electrons. The molecule has 0 bridgehead atoms. The molecule has 1 aromatic carbocycles. The van der Waals surface area contributed by atoms with Gasteiger partial charge in [-0.2, -0.15) is 11.8 Å². The summed E-state index contributed by atoms with van der Waals surface area (Å²) in [5.74, 6) is 2.28. The van der Waals surface area contributed by atoms with Gasteiger partial charge in [-0.15, -0.1) is 0 Å². The number of urea groups is 1. The van der Waals surface area contributed by atoms with Crippen LogP contribution < -0.4 is 16.0 Å². The molecule has 1 fully saturated rings. The van der Waals surface area contributed by atoms with Crippen molar-refractivity contribution in [2.24, 2.45) is 0 Å². The van der Waals surface area contributed by atoms with Crippen LogP contribution in [0.2, 0.25) is 0 Å². The Morgan fingerprint density at radius 2 is 2.10 bits per heavy atom. The molecule has 0 aliphatic carbocycles. The van der Waals surface area contributed by atoms with Crippen LogP contribution in [0.1, 0.15) is 31.4 Å². The molecule has 0 spiro atoms. The van der Waals surface area contributed by atoms with Crippen LogP contribution in [0.3, 0.4) is 0 Å². The molecule has 0 aromatic heterocycles. The lowest BCUT2D eigenvalue weighted by Crippen LogP contribution is -2.40. The van der Waals surface area contributed by atoms with E-state index >= 15 is 0 Å². The highest BCUT2D eigenvalue weighted by Gasteiger charge is 2.16. The highest BCUT2D eigenvalue weighted by atomic mass is 32.2. The number of anilines is 1. The topological polar surface area (TPSA) is 53.2 Å². The fraction of sp³-hybridized carbons (Fsp3) is 0.533. The molecule has 1 saturated heterocycles. The Morgan fingerprint density at radius 3 is 2.80 bits per heavy atom. The van der Waals surface area contributed by atoms with E-state index < -0.39 is 0 Å². The number of hydrogen-bond acceptors (Lipinski definition) is 3. The third kappa shape index (κ3) is 4.42. The zero-order chi connectivity index (χ0) is 14.4. The standard InChI is InChI=1S/C15H23N3OS/c1-11(16-2)12-4-3-5-14(10-12)18-15(19)17-13-6-8-20-9-7-13/h3-5,10-11,13,16H,6-9H2,1-2H3,(H2,17,18,19). The molecule has 2 amide bonds. The molecule has 1 aromatic rings. The highest BCUT2D eigenvalue weighted by molar-refractivity contribution is 7.99. The maximum atomic E-state index is 12.0. The number of thioether (sulfide) groups is 1. The minimum absolute atomic E-state index is 0.101. The van der Waals surface area contributed by atoms with Crippen molar-refractivity contribution in [3.05, 3.63) is 29.8 Å². The average molecular weight is 293 g/mol. The van der Waals surface area contributed by atoms with Crippen molar-refractivity contribution in [1.29, 1.82) is 0 Å². The van der Waals surface area contributed by atoms with E-state index in [9.17, 15) is 4.79 Å². The third-order valence-electron chi connectivity index (χ3n) is 3.63. The van der Waals surface area contributed by atoms with Crippen molar-refractivity contribution < 1.29 is 4.79 Å². The van der Waals surface area contributed by atoms with Crippen molar-refractivity contribution in [1.82, 2.24) is 10.6 Å². The first kappa shape index (κ1) is 15.2. The summed E-state index contributed by atoms with van der Waals surface area (Å²) in [5.41, 5.74) is 2.01. The van der Waals surface area contributed by atoms with Gasteiger partial charge in [-0.25, -0.2) is 4.79 Å². The van der Waals surface area contributed by atoms with Crippen molar-refractivity contribution in [2.75, 3.05) is 23.9 Å². The number of amides is 2. The van der Waals surface area contributed by atoms with E-state index in [4.69, 9.17) is 0 Å². The molecule has 1 aliphatic rings. The third-order valence-corrected chi connectivity index (χ3v) is 4.68. The molecule has 1 unspecified atom stereocenters. The average Bonchev–Trinajstić information content (AvgIpc) is 2.47. The summed E-state index contributed by atoms with van der Waals surface area (Å²) in [7, 11) is 1.93. The van der Waals surface area contributed by atoms with E-state index in [1.165, 1.54) is 5.56 Å². The van der Waals surface area contributed by atoms with E-state index in [-0.39, 0.29) is 12.1 Å². The maximum Gasteiger partial charge on any atom is 0.319 e. The van der Waals surface area contributed by atoms with Crippen LogP contribution in [0.5, 0.6) is 0 Å². The Bertz CT molecular complexity index is 446. The number of benzene rings is 1. The lowest BCUT2D eigenvalue weighted by Gasteiger charge is -2.22. The molecule has 0 saturated carbocycles. The SMILES string of the molecule is CNC(C)c1cccc(NC(=O)NC2CCSCC2)c1. The fourth-order valence-corrected chi connectivity index (χ4v) is 3.35. The van der Waals surface area contributed by atoms with E-state index in [1.54, 1.807) is 0 Å². The minimum Gasteiger partial charge on any atom is -0.335 e. The number of carbonyl (C=O) groups is 1. The highest BCUT2D eigenvalue weighted by Crippen LogP contribution is 2.18. The summed E-state index contributed by atoms with van der Waals surface area (Å²) < 4.78 is 0. The van der Waals surface area contributed by atoms with Gasteiger partial charge in [0.2, 0.25) is 0 Å². The molecule has 1 aliphatic heterocycles. The second kappa shape index (κ2) is 7.55. The Labute approximate surface area is 125 Å². The lowest BCUT2D eigenvalue weighted by atomic mass is 10.1. The zero-order valence-corrected chi connectivity index (χ0v) is 12.9. The number of carbonyl (C=O) groups excluding carboxylic acids is 1. The molecule has 2 rings (SSSR count). The van der Waals surface area contributed by atoms with Crippen molar-refractivity contribution in [3.8, 4) is 0 Å². The van der Waals surface area contributed by atoms with Crippen molar-refractivity contribution in [3.63, 3.8) is 0 Å². The van der Waals surface area contributed by atoms with Crippen LogP contribution in [-0.2, 0) is 0 Å². The summed E-state index contributed by atoms with van der Waals surface area (Å²) in [6.45, 7) is 2.10. The largest absolute Gasteiger partial charge is 0.335 e. The Balaban J connectivity index is 1.90. The first-order chi connectivity index (χ1) is 9.69. The van der Waals surface area contributed by atoms with Gasteiger partial charge in [-0.1, -0.05) is 12.1 Å². The summed E-state index contributed by atoms with van der Waals surface area (Å²) in [6, 6.07) is 8.44. The molecular formula is C15H23N3OS. The predicted molar refractivity (Wildman–Crippen MR) is 86.4 cm³/mol. The molecule has 20 heavy (non-hydrogen) atoms. The summed E-state index contributed by atoms with van der Waals surface area (Å²) in [4.78, 5) is 12.0. The zero-order valence-electron chi connectivity index (χ0n) is 12.1. The van der Waals surface area contributed by atoms with Crippen LogP contribution in [0.4, 0.5) is 10.5 Å². The Hall–Kier alpha value is -1.20. The van der Waals surface area contributed by atoms with Gasteiger partial charge >= 0.3 is 6.03 Å². The van der Waals surface area contributed by atoms with Crippen molar-refractivity contribution in [2.45, 2.75) is 31.8 Å². The normalized spacial score (nSPS) is 17.5. The minimum atomic E-state index is -0.101. The summed E-state index contributed by atoms with van der Waals surface area (Å²) >= 11 is 1.96. The molecule has 4 nitrogen and oxygen atoms in total. The van der Waals surface area contributed by atoms with Gasteiger partial charge in [0.15, 0.2) is 0 Å². The number of nitrogens with one attached hydrogen (secondary N) is 3. The monoisotopic (exact) mass is 293 g/mol. The van der Waals surface area contributed by atoms with Gasteiger partial charge in [-0.05, 0) is 56.0 Å². The molecule has 1 atom stereocenters. The van der Waals surface area contributed by atoms with E-state index in [0.717, 1.165) is 30.0 Å². The Kier molecular flexibility index (Phi) is 5.73. The lowest BCUT2D eigenvalue weighted by molar-refractivity contribution is 0.247. The van der Waals surface area contributed by atoms with Gasteiger partial charge in [0.1, 0.15) is 0 Å². The van der Waals surface area contributed by atoms with Gasteiger partial charge in [-0.3, -0.25) is 0 Å². The fourth-order valence-electron chi connectivity index (χ4n) is 2.25. The first-order valence-electron chi connectivity index (χ1n) is 7.11. The van der Waals surface area contributed by atoms with Crippen LogP contribution in [0, 0.1) is 0 Å². The summed E-state index contributed by atoms with van der Waals surface area (Å²) in [5, 5.41) is 9.17. The predicted octanol–water partition coefficient (Wildman–Crippen LogP) is 2.98. The molecular weight excluding hydrogens is 270 g/mol. The van der Waals surface area contributed by atoms with Gasteiger partial charge in [0.05, 0.1) is 0 Å². The quantitative estimate of drug-likeness (QED) is 0.800. The van der Waals surface area contributed by atoms with Gasteiger partial charge in [0.25, 0.3) is 0 Å². The van der Waals surface area contributed by atoms with Crippen LogP contribution in [0.15, 0.2) is 24.3 Å². The van der Waals surface area contributed by atoms with Gasteiger partial charge in [0, 0.05) is 17.8 Å². The maximum absolute atomic E-state index is 12.0. The number of rotatable bonds is 4. The van der Waals surface area contributed by atoms with Crippen LogP contribution in [-0.4, -0.2) is 30.6 Å². The first-order valence-corrected chi connectivity index (χ1v) is 8.27. The second-order valence-corrected chi connectivity index (χ2v) is 6.35. The van der Waals surface area contributed by atoms with E-state index in [0.29, 0.717) is 6.04 Å². The van der Waals surface area contributed by atoms with Crippen LogP contribution in [0.25, 0.3) is 0 Å². The van der Waals surface area contributed by atoms with E-state index in [1.807, 2.05) is 37.0 Å². The second-order valence-electron chi connectivity index (χ2n) is 5.12. The van der Waals surface area contributed by atoms with E-state index in [2.05, 4.69) is 28.9 Å². The molecule has 5 heteroatoms. The van der Waals surface area contributed by atoms with Crippen molar-refractivity contribution >= 4 is 23.5 Å². The van der Waals surface area contributed by atoms with Crippen LogP contribution >= 0.6 is 11.8 Å². The molecule has 3 N–H and O–H groups in total. The Morgan fingerprint density at radius 1 is 1.35 bits per heavy atom. The number of hydrogen-bond donors (Lipinski definition) is 3. The summed E-state index contributed by atoms with van der Waals surface area (Å²) in [6.07, 6.45) is 2.13. The molecule has 110 valence electrons. The molecule has 1 heterocycles.